The highest BCUT2D eigenvalue weighted by Gasteiger charge is 2.11. The first-order chi connectivity index (χ1) is 13.0. The van der Waals surface area contributed by atoms with Crippen molar-refractivity contribution >= 4 is 29.2 Å². The monoisotopic (exact) mass is 412 g/mol. The molecule has 0 atom stereocenters. The Morgan fingerprint density at radius 2 is 1.81 bits per heavy atom. The van der Waals surface area contributed by atoms with E-state index in [1.807, 2.05) is 18.2 Å². The number of hydrogen-bond acceptors (Lipinski definition) is 5. The van der Waals surface area contributed by atoms with E-state index < -0.39 is 0 Å². The van der Waals surface area contributed by atoms with Gasteiger partial charge in [0.25, 0.3) is 0 Å². The average Bonchev–Trinajstić information content (AvgIpc) is 2.65. The number of rotatable bonds is 10. The van der Waals surface area contributed by atoms with Crippen LogP contribution in [0.3, 0.4) is 0 Å². The molecule has 5 nitrogen and oxygen atoms in total. The topological polar surface area (TPSA) is 54.0 Å². The van der Waals surface area contributed by atoms with E-state index in [2.05, 4.69) is 0 Å². The number of hydrogen-bond donors (Lipinski definition) is 0. The third-order valence-corrected chi connectivity index (χ3v) is 4.27. The number of benzene rings is 2. The Kier molecular flexibility index (Phi) is 8.72. The van der Waals surface area contributed by atoms with E-state index in [4.69, 9.17) is 42.1 Å². The summed E-state index contributed by atoms with van der Waals surface area (Å²) in [5.74, 6) is 0.969. The zero-order valence-electron chi connectivity index (χ0n) is 15.3. The lowest BCUT2D eigenvalue weighted by Gasteiger charge is -2.14. The lowest BCUT2D eigenvalue weighted by molar-refractivity contribution is -0.143. The SMILES string of the molecule is CCOC(=O)CCc1ccc(OCOC)cc1OCc1ccc(Cl)cc1Cl. The average molecular weight is 413 g/mol. The molecule has 0 amide bonds. The van der Waals surface area contributed by atoms with Crippen molar-refractivity contribution in [2.24, 2.45) is 0 Å². The van der Waals surface area contributed by atoms with Crippen LogP contribution in [-0.4, -0.2) is 26.5 Å². The maximum Gasteiger partial charge on any atom is 0.306 e. The van der Waals surface area contributed by atoms with Gasteiger partial charge in [-0.05, 0) is 37.1 Å². The number of carbonyl (C=O) groups is 1. The van der Waals surface area contributed by atoms with Gasteiger partial charge in [0.05, 0.1) is 6.61 Å². The molecule has 146 valence electrons. The number of halogens is 2. The molecule has 0 saturated heterocycles. The van der Waals surface area contributed by atoms with Crippen LogP contribution in [-0.2, 0) is 27.3 Å². The first-order valence-corrected chi connectivity index (χ1v) is 9.26. The van der Waals surface area contributed by atoms with Gasteiger partial charge in [-0.1, -0.05) is 35.3 Å². The first-order valence-electron chi connectivity index (χ1n) is 8.50. The van der Waals surface area contributed by atoms with Crippen LogP contribution >= 0.6 is 23.2 Å². The molecule has 0 aliphatic rings. The number of methoxy groups -OCH3 is 1. The van der Waals surface area contributed by atoms with Gasteiger partial charge in [-0.2, -0.15) is 0 Å². The van der Waals surface area contributed by atoms with Crippen LogP contribution in [0, 0.1) is 0 Å². The van der Waals surface area contributed by atoms with Gasteiger partial charge in [-0.3, -0.25) is 4.79 Å². The van der Waals surface area contributed by atoms with E-state index in [9.17, 15) is 4.79 Å². The summed E-state index contributed by atoms with van der Waals surface area (Å²) in [7, 11) is 1.55. The smallest absolute Gasteiger partial charge is 0.306 e. The molecule has 0 saturated carbocycles. The second-order valence-electron chi connectivity index (χ2n) is 5.65. The Hall–Kier alpha value is -1.95. The molecule has 0 heterocycles. The van der Waals surface area contributed by atoms with Crippen LogP contribution < -0.4 is 9.47 Å². The van der Waals surface area contributed by atoms with Gasteiger partial charge in [0.2, 0.25) is 0 Å². The highest BCUT2D eigenvalue weighted by molar-refractivity contribution is 6.35. The standard InChI is InChI=1S/C20H22Cl2O5/c1-3-25-20(23)9-6-14-5-8-17(27-13-24-2)11-19(14)26-12-15-4-7-16(21)10-18(15)22/h4-5,7-8,10-11H,3,6,9,12-13H2,1-2H3. The summed E-state index contributed by atoms with van der Waals surface area (Å²) in [4.78, 5) is 11.7. The zero-order valence-corrected chi connectivity index (χ0v) is 16.8. The van der Waals surface area contributed by atoms with Gasteiger partial charge in [-0.15, -0.1) is 0 Å². The van der Waals surface area contributed by atoms with Crippen molar-refractivity contribution < 1.29 is 23.7 Å². The number of esters is 1. The molecule has 2 aromatic rings. The summed E-state index contributed by atoms with van der Waals surface area (Å²) in [6.45, 7) is 2.53. The van der Waals surface area contributed by atoms with Gasteiger partial charge in [0.15, 0.2) is 6.79 Å². The normalized spacial score (nSPS) is 10.5. The van der Waals surface area contributed by atoms with Crippen molar-refractivity contribution in [2.45, 2.75) is 26.4 Å². The largest absolute Gasteiger partial charge is 0.488 e. The lowest BCUT2D eigenvalue weighted by atomic mass is 10.1. The van der Waals surface area contributed by atoms with Crippen molar-refractivity contribution in [3.05, 3.63) is 57.6 Å². The fourth-order valence-electron chi connectivity index (χ4n) is 2.36. The molecule has 0 aromatic heterocycles. The first kappa shape index (κ1) is 21.4. The summed E-state index contributed by atoms with van der Waals surface area (Å²) in [6, 6.07) is 10.7. The minimum absolute atomic E-state index is 0.130. The molecule has 7 heteroatoms. The third kappa shape index (κ3) is 6.94. The van der Waals surface area contributed by atoms with Crippen molar-refractivity contribution in [2.75, 3.05) is 20.5 Å². The molecule has 0 bridgehead atoms. The quantitative estimate of drug-likeness (QED) is 0.403. The second kappa shape index (κ2) is 11.0. The van der Waals surface area contributed by atoms with Crippen molar-refractivity contribution in [3.63, 3.8) is 0 Å². The number of aryl methyl sites for hydroxylation is 1. The van der Waals surface area contributed by atoms with Gasteiger partial charge in [0, 0.05) is 35.2 Å². The highest BCUT2D eigenvalue weighted by Crippen LogP contribution is 2.29. The number of ether oxygens (including phenoxy) is 4. The van der Waals surface area contributed by atoms with Crippen molar-refractivity contribution in [1.82, 2.24) is 0 Å². The van der Waals surface area contributed by atoms with Crippen LogP contribution in [0.2, 0.25) is 10.0 Å². The predicted molar refractivity (Wildman–Crippen MR) is 105 cm³/mol. The van der Waals surface area contributed by atoms with E-state index in [1.165, 1.54) is 0 Å². The van der Waals surface area contributed by atoms with Crippen LogP contribution in [0.15, 0.2) is 36.4 Å². The molecule has 0 radical (unpaired) electrons. The molecule has 0 N–H and O–H groups in total. The zero-order chi connectivity index (χ0) is 19.6. The molecule has 2 aromatic carbocycles. The second-order valence-corrected chi connectivity index (χ2v) is 6.49. The van der Waals surface area contributed by atoms with Gasteiger partial charge in [0.1, 0.15) is 18.1 Å². The summed E-state index contributed by atoms with van der Waals surface area (Å²) in [5.41, 5.74) is 1.68. The minimum atomic E-state index is -0.246. The Balaban J connectivity index is 2.14. The molecule has 0 aliphatic carbocycles. The third-order valence-electron chi connectivity index (χ3n) is 3.68. The maximum atomic E-state index is 11.7. The van der Waals surface area contributed by atoms with Crippen LogP contribution in [0.5, 0.6) is 11.5 Å². The molecule has 0 spiro atoms. The summed E-state index contributed by atoms with van der Waals surface area (Å²) in [6.07, 6.45) is 0.761. The van der Waals surface area contributed by atoms with Crippen molar-refractivity contribution in [1.29, 1.82) is 0 Å². The van der Waals surface area contributed by atoms with Gasteiger partial charge in [-0.25, -0.2) is 0 Å². The maximum absolute atomic E-state index is 11.7. The fourth-order valence-corrected chi connectivity index (χ4v) is 2.82. The van der Waals surface area contributed by atoms with Crippen LogP contribution in [0.4, 0.5) is 0 Å². The summed E-state index contributed by atoms with van der Waals surface area (Å²) < 4.78 is 21.3. The van der Waals surface area contributed by atoms with Gasteiger partial charge >= 0.3 is 5.97 Å². The van der Waals surface area contributed by atoms with Crippen LogP contribution in [0.1, 0.15) is 24.5 Å². The molecule has 0 unspecified atom stereocenters. The number of carbonyl (C=O) groups excluding carboxylic acids is 1. The molecular weight excluding hydrogens is 391 g/mol. The minimum Gasteiger partial charge on any atom is -0.488 e. The molecule has 0 fully saturated rings. The molecule has 0 aliphatic heterocycles. The lowest BCUT2D eigenvalue weighted by Crippen LogP contribution is -2.07. The molecular formula is C20H22Cl2O5. The summed E-state index contributed by atoms with van der Waals surface area (Å²) in [5, 5.41) is 1.09. The van der Waals surface area contributed by atoms with Crippen LogP contribution in [0.25, 0.3) is 0 Å². The molecule has 27 heavy (non-hydrogen) atoms. The van der Waals surface area contributed by atoms with E-state index in [1.54, 1.807) is 32.2 Å². The van der Waals surface area contributed by atoms with E-state index in [-0.39, 0.29) is 25.8 Å². The van der Waals surface area contributed by atoms with E-state index >= 15 is 0 Å². The van der Waals surface area contributed by atoms with Crippen molar-refractivity contribution in [3.8, 4) is 11.5 Å². The Labute approximate surface area is 169 Å². The predicted octanol–water partition coefficient (Wildman–Crippen LogP) is 5.05. The fraction of sp³-hybridized carbons (Fsp3) is 0.350. The Morgan fingerprint density at radius 1 is 1.04 bits per heavy atom. The van der Waals surface area contributed by atoms with Gasteiger partial charge < -0.3 is 18.9 Å². The summed E-state index contributed by atoms with van der Waals surface area (Å²) >= 11 is 12.1. The van der Waals surface area contributed by atoms with E-state index in [0.717, 1.165) is 11.1 Å². The Bertz CT molecular complexity index is 764. The van der Waals surface area contributed by atoms with E-state index in [0.29, 0.717) is 34.6 Å². The highest BCUT2D eigenvalue weighted by atomic mass is 35.5. The molecule has 2 rings (SSSR count). The Morgan fingerprint density at radius 3 is 2.52 bits per heavy atom.